The van der Waals surface area contributed by atoms with Crippen LogP contribution in [0.25, 0.3) is 5.57 Å². The molecular weight excluding hydrogens is 320 g/mol. The summed E-state index contributed by atoms with van der Waals surface area (Å²) in [6.07, 6.45) is 2.20. The van der Waals surface area contributed by atoms with Crippen LogP contribution in [0, 0.1) is 0 Å². The fraction of sp³-hybridized carbons (Fsp3) is 0. The molecule has 1 aromatic heterocycles. The van der Waals surface area contributed by atoms with Crippen molar-refractivity contribution in [2.24, 2.45) is 0 Å². The highest BCUT2D eigenvalue weighted by Crippen LogP contribution is 2.23. The Morgan fingerprint density at radius 1 is 0.958 bits per heavy atom. The standard InChI is InChI=1S/C19H14N2O2S/c22-12-16-13-24-19(20-16)21-18(23)11-17(14-7-3-1-4-8-14)15-9-5-2-6-10-15/h1-13H,(H,20,21,23). The molecule has 0 saturated carbocycles. The normalized spacial score (nSPS) is 10.0. The van der Waals surface area contributed by atoms with Gasteiger partial charge in [-0.05, 0) is 16.7 Å². The molecule has 0 radical (unpaired) electrons. The minimum atomic E-state index is -0.287. The number of hydrogen-bond acceptors (Lipinski definition) is 4. The van der Waals surface area contributed by atoms with E-state index in [1.54, 1.807) is 11.5 Å². The second kappa shape index (κ2) is 7.48. The lowest BCUT2D eigenvalue weighted by molar-refractivity contribution is -0.111. The maximum absolute atomic E-state index is 12.4. The van der Waals surface area contributed by atoms with Gasteiger partial charge in [-0.1, -0.05) is 60.7 Å². The number of nitrogens with zero attached hydrogens (tertiary/aromatic N) is 1. The first kappa shape index (κ1) is 15.8. The van der Waals surface area contributed by atoms with E-state index in [-0.39, 0.29) is 5.91 Å². The monoisotopic (exact) mass is 334 g/mol. The number of anilines is 1. The molecule has 0 unspecified atom stereocenters. The Bertz CT molecular complexity index is 829. The van der Waals surface area contributed by atoms with E-state index in [1.165, 1.54) is 11.3 Å². The maximum Gasteiger partial charge on any atom is 0.250 e. The van der Waals surface area contributed by atoms with Crippen LogP contribution < -0.4 is 5.32 Å². The van der Waals surface area contributed by atoms with Gasteiger partial charge in [0.05, 0.1) is 0 Å². The van der Waals surface area contributed by atoms with E-state index in [0.717, 1.165) is 16.7 Å². The summed E-state index contributed by atoms with van der Waals surface area (Å²) >= 11 is 1.22. The van der Waals surface area contributed by atoms with Gasteiger partial charge >= 0.3 is 0 Å². The third-order valence-electron chi connectivity index (χ3n) is 3.32. The Balaban J connectivity index is 1.91. The van der Waals surface area contributed by atoms with Crippen molar-refractivity contribution < 1.29 is 9.59 Å². The Morgan fingerprint density at radius 2 is 1.54 bits per heavy atom. The SMILES string of the molecule is O=Cc1csc(NC(=O)C=C(c2ccccc2)c2ccccc2)n1. The van der Waals surface area contributed by atoms with Crippen molar-refractivity contribution in [3.8, 4) is 0 Å². The van der Waals surface area contributed by atoms with Crippen molar-refractivity contribution in [1.29, 1.82) is 0 Å². The number of benzene rings is 2. The van der Waals surface area contributed by atoms with Crippen LogP contribution in [-0.2, 0) is 4.79 Å². The third-order valence-corrected chi connectivity index (χ3v) is 4.09. The molecule has 3 rings (SSSR count). The Kier molecular flexibility index (Phi) is 4.93. The molecule has 118 valence electrons. The molecule has 4 nitrogen and oxygen atoms in total. The Morgan fingerprint density at radius 3 is 2.04 bits per heavy atom. The zero-order valence-corrected chi connectivity index (χ0v) is 13.5. The quantitative estimate of drug-likeness (QED) is 0.566. The topological polar surface area (TPSA) is 59.1 Å². The summed E-state index contributed by atoms with van der Waals surface area (Å²) in [6.45, 7) is 0. The second-order valence-electron chi connectivity index (χ2n) is 4.97. The minimum absolute atomic E-state index is 0.287. The van der Waals surface area contributed by atoms with Crippen LogP contribution in [0.15, 0.2) is 72.1 Å². The largest absolute Gasteiger partial charge is 0.298 e. The molecule has 1 N–H and O–H groups in total. The van der Waals surface area contributed by atoms with Gasteiger partial charge in [-0.2, -0.15) is 0 Å². The number of aromatic nitrogens is 1. The molecule has 24 heavy (non-hydrogen) atoms. The smallest absolute Gasteiger partial charge is 0.250 e. The lowest BCUT2D eigenvalue weighted by Gasteiger charge is -2.08. The molecule has 3 aromatic rings. The molecule has 0 aliphatic carbocycles. The molecule has 5 heteroatoms. The Labute approximate surface area is 143 Å². The van der Waals surface area contributed by atoms with E-state index in [2.05, 4.69) is 10.3 Å². The van der Waals surface area contributed by atoms with Crippen molar-refractivity contribution in [3.63, 3.8) is 0 Å². The minimum Gasteiger partial charge on any atom is -0.298 e. The number of aldehydes is 1. The van der Waals surface area contributed by atoms with Crippen molar-refractivity contribution >= 4 is 34.2 Å². The predicted molar refractivity (Wildman–Crippen MR) is 96.1 cm³/mol. The molecule has 0 bridgehead atoms. The van der Waals surface area contributed by atoms with Crippen LogP contribution >= 0.6 is 11.3 Å². The zero-order valence-electron chi connectivity index (χ0n) is 12.7. The van der Waals surface area contributed by atoms with Crippen LogP contribution in [0.4, 0.5) is 5.13 Å². The number of nitrogens with one attached hydrogen (secondary N) is 1. The van der Waals surface area contributed by atoms with Gasteiger partial charge in [0.25, 0.3) is 5.91 Å². The summed E-state index contributed by atoms with van der Waals surface area (Å²) in [4.78, 5) is 27.0. The van der Waals surface area contributed by atoms with Gasteiger partial charge in [0.15, 0.2) is 11.4 Å². The van der Waals surface area contributed by atoms with Crippen LogP contribution in [0.1, 0.15) is 21.6 Å². The fourth-order valence-corrected chi connectivity index (χ4v) is 2.90. The Hall–Kier alpha value is -3.05. The molecule has 1 amide bonds. The van der Waals surface area contributed by atoms with E-state index in [9.17, 15) is 9.59 Å². The average Bonchev–Trinajstić information content (AvgIpc) is 3.08. The maximum atomic E-state index is 12.4. The van der Waals surface area contributed by atoms with Gasteiger partial charge in [-0.15, -0.1) is 11.3 Å². The highest BCUT2D eigenvalue weighted by Gasteiger charge is 2.09. The summed E-state index contributed by atoms with van der Waals surface area (Å²) in [5.41, 5.74) is 3.03. The van der Waals surface area contributed by atoms with Crippen LogP contribution in [0.3, 0.4) is 0 Å². The van der Waals surface area contributed by atoms with Crippen molar-refractivity contribution in [2.45, 2.75) is 0 Å². The molecule has 0 fully saturated rings. The molecule has 2 aromatic carbocycles. The van der Waals surface area contributed by atoms with Gasteiger partial charge in [-0.3, -0.25) is 14.9 Å². The van der Waals surface area contributed by atoms with E-state index in [4.69, 9.17) is 0 Å². The number of carbonyl (C=O) groups excluding carboxylic acids is 2. The number of amides is 1. The van der Waals surface area contributed by atoms with Gasteiger partial charge < -0.3 is 0 Å². The molecule has 0 saturated heterocycles. The summed E-state index contributed by atoms with van der Waals surface area (Å²) in [6, 6.07) is 19.4. The van der Waals surface area contributed by atoms with E-state index >= 15 is 0 Å². The fourth-order valence-electron chi connectivity index (χ4n) is 2.24. The van der Waals surface area contributed by atoms with Gasteiger partial charge in [0.1, 0.15) is 5.69 Å². The highest BCUT2D eigenvalue weighted by molar-refractivity contribution is 7.14. The van der Waals surface area contributed by atoms with Crippen molar-refractivity contribution in [1.82, 2.24) is 4.98 Å². The van der Waals surface area contributed by atoms with Crippen molar-refractivity contribution in [3.05, 3.63) is 88.9 Å². The van der Waals surface area contributed by atoms with E-state index < -0.39 is 0 Å². The van der Waals surface area contributed by atoms with Crippen LogP contribution in [-0.4, -0.2) is 17.2 Å². The van der Waals surface area contributed by atoms with Crippen LogP contribution in [0.2, 0.25) is 0 Å². The summed E-state index contributed by atoms with van der Waals surface area (Å²) in [7, 11) is 0. The van der Waals surface area contributed by atoms with Gasteiger partial charge in [-0.25, -0.2) is 4.98 Å². The molecular formula is C19H14N2O2S. The number of rotatable bonds is 5. The predicted octanol–water partition coefficient (Wildman–Crippen LogP) is 4.03. The summed E-state index contributed by atoms with van der Waals surface area (Å²) in [5, 5.41) is 4.70. The molecule has 0 aliphatic rings. The van der Waals surface area contributed by atoms with Crippen LogP contribution in [0.5, 0.6) is 0 Å². The number of carbonyl (C=O) groups is 2. The second-order valence-corrected chi connectivity index (χ2v) is 5.83. The molecule has 1 heterocycles. The third kappa shape index (κ3) is 3.83. The summed E-state index contributed by atoms with van der Waals surface area (Å²) in [5.74, 6) is -0.287. The van der Waals surface area contributed by atoms with Crippen molar-refractivity contribution in [2.75, 3.05) is 5.32 Å². The van der Waals surface area contributed by atoms with E-state index in [0.29, 0.717) is 17.1 Å². The van der Waals surface area contributed by atoms with Gasteiger partial charge in [0, 0.05) is 11.5 Å². The molecule has 0 aliphatic heterocycles. The first-order valence-electron chi connectivity index (χ1n) is 7.30. The average molecular weight is 334 g/mol. The lowest BCUT2D eigenvalue weighted by atomic mass is 9.97. The summed E-state index contributed by atoms with van der Waals surface area (Å²) < 4.78 is 0. The first-order valence-corrected chi connectivity index (χ1v) is 8.18. The molecule has 0 atom stereocenters. The van der Waals surface area contributed by atoms with E-state index in [1.807, 2.05) is 60.7 Å². The number of thiazole rings is 1. The number of hydrogen-bond donors (Lipinski definition) is 1. The first-order chi connectivity index (χ1) is 11.8. The zero-order chi connectivity index (χ0) is 16.8. The lowest BCUT2D eigenvalue weighted by Crippen LogP contribution is -2.09. The van der Waals surface area contributed by atoms with Gasteiger partial charge in [0.2, 0.25) is 0 Å². The highest BCUT2D eigenvalue weighted by atomic mass is 32.1. The molecule has 0 spiro atoms.